The molecule has 2 rings (SSSR count). The maximum atomic E-state index is 5.57. The first kappa shape index (κ1) is 9.21. The smallest absolute Gasteiger partial charge is 0.264 e. The van der Waals surface area contributed by atoms with Gasteiger partial charge in [0.2, 0.25) is 0 Å². The highest BCUT2D eigenvalue weighted by molar-refractivity contribution is 6.28. The Balaban J connectivity index is 2.49. The van der Waals surface area contributed by atoms with E-state index in [1.807, 2.05) is 20.2 Å². The summed E-state index contributed by atoms with van der Waals surface area (Å²) in [6, 6.07) is 0. The molecule has 0 bridgehead atoms. The second kappa shape index (κ2) is 3.42. The minimum Gasteiger partial charge on any atom is -0.333 e. The standard InChI is InChI=1S/C8H9ClN4O/c1-3-6-5(4-13(2)11-6)7-10-8(9)12-14-7/h4H,3H2,1-2H3. The average molecular weight is 213 g/mol. The first-order valence-electron chi connectivity index (χ1n) is 4.22. The van der Waals surface area contributed by atoms with Gasteiger partial charge in [0, 0.05) is 13.2 Å². The predicted molar refractivity (Wildman–Crippen MR) is 50.9 cm³/mol. The van der Waals surface area contributed by atoms with E-state index >= 15 is 0 Å². The van der Waals surface area contributed by atoms with Crippen LogP contribution in [0.3, 0.4) is 0 Å². The lowest BCUT2D eigenvalue weighted by atomic mass is 10.2. The molecule has 74 valence electrons. The van der Waals surface area contributed by atoms with E-state index in [2.05, 4.69) is 15.2 Å². The van der Waals surface area contributed by atoms with Crippen molar-refractivity contribution < 1.29 is 4.52 Å². The van der Waals surface area contributed by atoms with Crippen molar-refractivity contribution in [2.75, 3.05) is 0 Å². The Kier molecular flexibility index (Phi) is 2.25. The van der Waals surface area contributed by atoms with Gasteiger partial charge in [0.1, 0.15) is 0 Å². The molecule has 0 aromatic carbocycles. The van der Waals surface area contributed by atoms with Crippen molar-refractivity contribution in [2.45, 2.75) is 13.3 Å². The Hall–Kier alpha value is -1.36. The number of rotatable bonds is 2. The number of hydrogen-bond acceptors (Lipinski definition) is 4. The Bertz CT molecular complexity index is 448. The minimum absolute atomic E-state index is 0.117. The maximum Gasteiger partial charge on any atom is 0.264 e. The molecule has 2 heterocycles. The number of aryl methyl sites for hydroxylation is 2. The number of aromatic nitrogens is 4. The van der Waals surface area contributed by atoms with Crippen LogP contribution in [-0.2, 0) is 13.5 Å². The van der Waals surface area contributed by atoms with Crippen LogP contribution in [0.15, 0.2) is 10.7 Å². The average Bonchev–Trinajstić information content (AvgIpc) is 2.71. The minimum atomic E-state index is 0.117. The Morgan fingerprint density at radius 2 is 2.36 bits per heavy atom. The van der Waals surface area contributed by atoms with Crippen LogP contribution in [0.1, 0.15) is 12.6 Å². The van der Waals surface area contributed by atoms with E-state index in [9.17, 15) is 0 Å². The maximum absolute atomic E-state index is 5.57. The summed E-state index contributed by atoms with van der Waals surface area (Å²) in [6.07, 6.45) is 2.65. The van der Waals surface area contributed by atoms with Crippen molar-refractivity contribution in [2.24, 2.45) is 7.05 Å². The van der Waals surface area contributed by atoms with E-state index < -0.39 is 0 Å². The van der Waals surface area contributed by atoms with E-state index in [0.29, 0.717) is 5.89 Å². The summed E-state index contributed by atoms with van der Waals surface area (Å²) >= 11 is 5.57. The van der Waals surface area contributed by atoms with Crippen LogP contribution in [0, 0.1) is 0 Å². The van der Waals surface area contributed by atoms with Crippen molar-refractivity contribution in [3.05, 3.63) is 17.2 Å². The third kappa shape index (κ3) is 1.50. The molecule has 2 aromatic heterocycles. The molecule has 14 heavy (non-hydrogen) atoms. The van der Waals surface area contributed by atoms with Gasteiger partial charge in [-0.25, -0.2) is 0 Å². The molecule has 0 saturated heterocycles. The Labute approximate surface area is 85.7 Å². The third-order valence-corrected chi connectivity index (χ3v) is 2.03. The van der Waals surface area contributed by atoms with Gasteiger partial charge in [0.05, 0.1) is 11.3 Å². The van der Waals surface area contributed by atoms with Gasteiger partial charge in [0.25, 0.3) is 11.2 Å². The van der Waals surface area contributed by atoms with Crippen LogP contribution < -0.4 is 0 Å². The first-order valence-corrected chi connectivity index (χ1v) is 4.60. The quantitative estimate of drug-likeness (QED) is 0.760. The van der Waals surface area contributed by atoms with Crippen LogP contribution in [0.4, 0.5) is 0 Å². The second-order valence-corrected chi connectivity index (χ2v) is 3.22. The van der Waals surface area contributed by atoms with Crippen LogP contribution >= 0.6 is 11.6 Å². The first-order chi connectivity index (χ1) is 6.70. The Morgan fingerprint density at radius 3 is 2.93 bits per heavy atom. The zero-order chi connectivity index (χ0) is 10.1. The highest BCUT2D eigenvalue weighted by Gasteiger charge is 2.14. The summed E-state index contributed by atoms with van der Waals surface area (Å²) in [7, 11) is 1.85. The van der Waals surface area contributed by atoms with Crippen molar-refractivity contribution in [3.63, 3.8) is 0 Å². The fourth-order valence-electron chi connectivity index (χ4n) is 1.29. The van der Waals surface area contributed by atoms with E-state index in [-0.39, 0.29) is 5.28 Å². The van der Waals surface area contributed by atoms with Crippen LogP contribution in [0.25, 0.3) is 11.5 Å². The van der Waals surface area contributed by atoms with E-state index in [0.717, 1.165) is 17.7 Å². The lowest BCUT2D eigenvalue weighted by Crippen LogP contribution is -1.89. The van der Waals surface area contributed by atoms with Gasteiger partial charge in [-0.3, -0.25) is 4.68 Å². The highest BCUT2D eigenvalue weighted by atomic mass is 35.5. The van der Waals surface area contributed by atoms with Gasteiger partial charge in [-0.15, -0.1) is 0 Å². The monoisotopic (exact) mass is 212 g/mol. The summed E-state index contributed by atoms with van der Waals surface area (Å²) < 4.78 is 6.67. The molecule has 0 N–H and O–H groups in total. The zero-order valence-electron chi connectivity index (χ0n) is 7.86. The normalized spacial score (nSPS) is 10.8. The molecule has 0 aliphatic carbocycles. The van der Waals surface area contributed by atoms with Crippen molar-refractivity contribution >= 4 is 11.6 Å². The molecule has 0 radical (unpaired) electrons. The molecule has 0 aliphatic rings. The molecular formula is C8H9ClN4O. The van der Waals surface area contributed by atoms with Gasteiger partial charge in [-0.2, -0.15) is 10.1 Å². The molecule has 0 saturated carbocycles. The predicted octanol–water partition coefficient (Wildman–Crippen LogP) is 1.69. The van der Waals surface area contributed by atoms with Gasteiger partial charge in [-0.1, -0.05) is 6.92 Å². The summed E-state index contributed by atoms with van der Waals surface area (Å²) in [4.78, 5) is 3.94. The van der Waals surface area contributed by atoms with Gasteiger partial charge >= 0.3 is 0 Å². The fourth-order valence-corrected chi connectivity index (χ4v) is 1.40. The molecule has 0 amide bonds. The summed E-state index contributed by atoms with van der Waals surface area (Å²) in [5, 5.41) is 7.90. The van der Waals surface area contributed by atoms with E-state index in [1.165, 1.54) is 0 Å². The number of nitrogens with zero attached hydrogens (tertiary/aromatic N) is 4. The molecule has 5 nitrogen and oxygen atoms in total. The highest BCUT2D eigenvalue weighted by Crippen LogP contribution is 2.22. The zero-order valence-corrected chi connectivity index (χ0v) is 8.62. The topological polar surface area (TPSA) is 56.7 Å². The lowest BCUT2D eigenvalue weighted by Gasteiger charge is -1.90. The Morgan fingerprint density at radius 1 is 1.57 bits per heavy atom. The number of halogens is 1. The number of hydrogen-bond donors (Lipinski definition) is 0. The van der Waals surface area contributed by atoms with Crippen LogP contribution in [0.5, 0.6) is 0 Å². The van der Waals surface area contributed by atoms with Crippen molar-refractivity contribution in [1.29, 1.82) is 0 Å². The molecule has 0 fully saturated rings. The molecule has 0 aliphatic heterocycles. The molecule has 6 heteroatoms. The van der Waals surface area contributed by atoms with Gasteiger partial charge in [0.15, 0.2) is 0 Å². The molecule has 0 atom stereocenters. The molecule has 0 unspecified atom stereocenters. The van der Waals surface area contributed by atoms with Crippen molar-refractivity contribution in [3.8, 4) is 11.5 Å². The molecular weight excluding hydrogens is 204 g/mol. The lowest BCUT2D eigenvalue weighted by molar-refractivity contribution is 0.430. The van der Waals surface area contributed by atoms with Gasteiger partial charge < -0.3 is 4.52 Å². The van der Waals surface area contributed by atoms with Crippen LogP contribution in [0.2, 0.25) is 5.28 Å². The van der Waals surface area contributed by atoms with Crippen molar-refractivity contribution in [1.82, 2.24) is 19.9 Å². The molecule has 2 aromatic rings. The summed E-state index contributed by atoms with van der Waals surface area (Å²) in [6.45, 7) is 2.02. The summed E-state index contributed by atoms with van der Waals surface area (Å²) in [5.74, 6) is 0.417. The van der Waals surface area contributed by atoms with E-state index in [4.69, 9.17) is 16.1 Å². The molecule has 0 spiro atoms. The largest absolute Gasteiger partial charge is 0.333 e. The third-order valence-electron chi connectivity index (χ3n) is 1.87. The fraction of sp³-hybridized carbons (Fsp3) is 0.375. The van der Waals surface area contributed by atoms with E-state index in [1.54, 1.807) is 4.68 Å². The summed E-state index contributed by atoms with van der Waals surface area (Å²) in [5.41, 5.74) is 1.77. The van der Waals surface area contributed by atoms with Crippen LogP contribution in [-0.4, -0.2) is 19.9 Å². The van der Waals surface area contributed by atoms with Gasteiger partial charge in [-0.05, 0) is 23.2 Å². The second-order valence-electron chi connectivity index (χ2n) is 2.89. The SMILES string of the molecule is CCc1nn(C)cc1-c1nc(Cl)no1.